The van der Waals surface area contributed by atoms with Crippen molar-refractivity contribution in [3.05, 3.63) is 39.2 Å². The Balaban J connectivity index is 2.12. The number of hydrogen-bond donors (Lipinski definition) is 0. The highest BCUT2D eigenvalue weighted by atomic mass is 16.6. The average molecular weight is 330 g/mol. The molecule has 1 heterocycles. The Bertz CT molecular complexity index is 834. The molecule has 1 atom stereocenters. The van der Waals surface area contributed by atoms with E-state index in [4.69, 9.17) is 13.9 Å². The van der Waals surface area contributed by atoms with Crippen molar-refractivity contribution < 1.29 is 18.7 Å². The molecule has 0 amide bonds. The summed E-state index contributed by atoms with van der Waals surface area (Å²) in [5, 5.41) is 0.985. The number of carbonyl (C=O) groups excluding carboxylic acids is 1. The maximum Gasteiger partial charge on any atom is 0.346 e. The van der Waals surface area contributed by atoms with E-state index in [1.54, 1.807) is 13.0 Å². The van der Waals surface area contributed by atoms with Crippen LogP contribution in [0.1, 0.15) is 43.4 Å². The molecule has 0 fully saturated rings. The Labute approximate surface area is 140 Å². The van der Waals surface area contributed by atoms with Gasteiger partial charge in [0, 0.05) is 17.0 Å². The first kappa shape index (κ1) is 16.6. The molecule has 24 heavy (non-hydrogen) atoms. The lowest BCUT2D eigenvalue weighted by molar-refractivity contribution is -0.147. The second kappa shape index (κ2) is 6.67. The Morgan fingerprint density at radius 2 is 1.96 bits per heavy atom. The van der Waals surface area contributed by atoms with Crippen LogP contribution in [-0.4, -0.2) is 19.2 Å². The lowest BCUT2D eigenvalue weighted by atomic mass is 9.90. The molecule has 0 radical (unpaired) electrons. The fourth-order valence-corrected chi connectivity index (χ4v) is 3.31. The van der Waals surface area contributed by atoms with Crippen molar-refractivity contribution >= 4 is 16.9 Å². The van der Waals surface area contributed by atoms with Gasteiger partial charge in [-0.05, 0) is 56.2 Å². The van der Waals surface area contributed by atoms with Crippen LogP contribution in [0.15, 0.2) is 21.3 Å². The molecule has 2 aromatic rings. The number of fused-ring (bicyclic) bond motifs is 3. The van der Waals surface area contributed by atoms with E-state index in [2.05, 4.69) is 0 Å². The number of methoxy groups -OCH3 is 1. The molecule has 1 aliphatic carbocycles. The van der Waals surface area contributed by atoms with Crippen LogP contribution in [0.2, 0.25) is 0 Å². The van der Waals surface area contributed by atoms with Crippen LogP contribution in [0, 0.1) is 0 Å². The second-order valence-electron chi connectivity index (χ2n) is 6.15. The SMILES string of the molecule is CCc1cc2c3c(c(=O)oc2cc1OC(C)C(=O)OC)CCCC3. The molecule has 1 unspecified atom stereocenters. The van der Waals surface area contributed by atoms with Crippen molar-refractivity contribution in [1.29, 1.82) is 0 Å². The van der Waals surface area contributed by atoms with Gasteiger partial charge >= 0.3 is 11.6 Å². The standard InChI is InChI=1S/C19H22O5/c1-4-12-9-15-13-7-5-6-8-14(13)19(21)24-17(15)10-16(12)23-11(2)18(20)22-3/h9-11H,4-8H2,1-3H3. The van der Waals surface area contributed by atoms with Gasteiger partial charge in [0.05, 0.1) is 7.11 Å². The van der Waals surface area contributed by atoms with E-state index < -0.39 is 12.1 Å². The lowest BCUT2D eigenvalue weighted by Gasteiger charge is -2.19. The Kier molecular flexibility index (Phi) is 4.60. The van der Waals surface area contributed by atoms with Gasteiger partial charge in [-0.1, -0.05) is 6.92 Å². The van der Waals surface area contributed by atoms with Crippen LogP contribution in [0.5, 0.6) is 5.75 Å². The summed E-state index contributed by atoms with van der Waals surface area (Å²) in [4.78, 5) is 23.8. The summed E-state index contributed by atoms with van der Waals surface area (Å²) in [6, 6.07) is 3.76. The van der Waals surface area contributed by atoms with Crippen LogP contribution >= 0.6 is 0 Å². The van der Waals surface area contributed by atoms with Crippen molar-refractivity contribution in [2.75, 3.05) is 7.11 Å². The van der Waals surface area contributed by atoms with Gasteiger partial charge in [-0.3, -0.25) is 0 Å². The molecular weight excluding hydrogens is 308 g/mol. The summed E-state index contributed by atoms with van der Waals surface area (Å²) < 4.78 is 16.0. The second-order valence-corrected chi connectivity index (χ2v) is 6.15. The van der Waals surface area contributed by atoms with Gasteiger partial charge < -0.3 is 13.9 Å². The molecule has 128 valence electrons. The quantitative estimate of drug-likeness (QED) is 0.636. The topological polar surface area (TPSA) is 65.7 Å². The molecular formula is C19H22O5. The number of carbonyl (C=O) groups is 1. The van der Waals surface area contributed by atoms with Gasteiger partial charge in [-0.2, -0.15) is 0 Å². The molecule has 1 aromatic carbocycles. The first-order chi connectivity index (χ1) is 11.5. The monoisotopic (exact) mass is 330 g/mol. The molecule has 5 nitrogen and oxygen atoms in total. The smallest absolute Gasteiger partial charge is 0.346 e. The molecule has 3 rings (SSSR count). The Hall–Kier alpha value is -2.30. The van der Waals surface area contributed by atoms with Crippen molar-refractivity contribution in [3.63, 3.8) is 0 Å². The molecule has 0 saturated heterocycles. The van der Waals surface area contributed by atoms with Gasteiger partial charge in [0.1, 0.15) is 11.3 Å². The van der Waals surface area contributed by atoms with Crippen LogP contribution in [0.3, 0.4) is 0 Å². The zero-order valence-electron chi connectivity index (χ0n) is 14.3. The molecule has 5 heteroatoms. The number of benzene rings is 1. The molecule has 0 saturated carbocycles. The molecule has 0 bridgehead atoms. The van der Waals surface area contributed by atoms with Crippen molar-refractivity contribution in [1.82, 2.24) is 0 Å². The van der Waals surface area contributed by atoms with Crippen LogP contribution in [0.4, 0.5) is 0 Å². The molecule has 0 N–H and O–H groups in total. The summed E-state index contributed by atoms with van der Waals surface area (Å²) in [6.45, 7) is 3.67. The summed E-state index contributed by atoms with van der Waals surface area (Å²) in [6.07, 6.45) is 3.84. The van der Waals surface area contributed by atoms with Crippen molar-refractivity contribution in [2.45, 2.75) is 52.1 Å². The van der Waals surface area contributed by atoms with E-state index in [1.165, 1.54) is 7.11 Å². The van der Waals surface area contributed by atoms with Gasteiger partial charge in [0.2, 0.25) is 0 Å². The lowest BCUT2D eigenvalue weighted by Crippen LogP contribution is -2.25. The van der Waals surface area contributed by atoms with Crippen LogP contribution in [0.25, 0.3) is 11.0 Å². The van der Waals surface area contributed by atoms with Crippen LogP contribution in [-0.2, 0) is 28.8 Å². The fourth-order valence-electron chi connectivity index (χ4n) is 3.31. The Morgan fingerprint density at radius 3 is 2.62 bits per heavy atom. The van der Waals surface area contributed by atoms with Crippen molar-refractivity contribution in [3.8, 4) is 5.75 Å². The van der Waals surface area contributed by atoms with Gasteiger partial charge in [0.25, 0.3) is 0 Å². The summed E-state index contributed by atoms with van der Waals surface area (Å²) >= 11 is 0. The number of aryl methyl sites for hydroxylation is 2. The summed E-state index contributed by atoms with van der Waals surface area (Å²) in [7, 11) is 1.33. The number of rotatable bonds is 4. The van der Waals surface area contributed by atoms with Gasteiger partial charge in [-0.15, -0.1) is 0 Å². The summed E-state index contributed by atoms with van der Waals surface area (Å²) in [5.41, 5.74) is 3.17. The third kappa shape index (κ3) is 2.90. The van der Waals surface area contributed by atoms with E-state index in [-0.39, 0.29) is 5.63 Å². The number of ether oxygens (including phenoxy) is 2. The first-order valence-electron chi connectivity index (χ1n) is 8.41. The number of hydrogen-bond acceptors (Lipinski definition) is 5. The largest absolute Gasteiger partial charge is 0.479 e. The predicted molar refractivity (Wildman–Crippen MR) is 90.6 cm³/mol. The van der Waals surface area contributed by atoms with E-state index in [9.17, 15) is 9.59 Å². The van der Waals surface area contributed by atoms with Gasteiger partial charge in [-0.25, -0.2) is 9.59 Å². The van der Waals surface area contributed by atoms with Crippen LogP contribution < -0.4 is 10.4 Å². The highest BCUT2D eigenvalue weighted by Gasteiger charge is 2.21. The van der Waals surface area contributed by atoms with E-state index >= 15 is 0 Å². The molecule has 0 aliphatic heterocycles. The predicted octanol–water partition coefficient (Wildman–Crippen LogP) is 3.17. The fraction of sp³-hybridized carbons (Fsp3) is 0.474. The first-order valence-corrected chi connectivity index (χ1v) is 8.41. The zero-order valence-corrected chi connectivity index (χ0v) is 14.3. The third-order valence-corrected chi connectivity index (χ3v) is 4.62. The highest BCUT2D eigenvalue weighted by molar-refractivity contribution is 5.84. The number of esters is 1. The van der Waals surface area contributed by atoms with E-state index in [0.717, 1.165) is 54.2 Å². The average Bonchev–Trinajstić information content (AvgIpc) is 2.60. The van der Waals surface area contributed by atoms with Crippen molar-refractivity contribution in [2.24, 2.45) is 0 Å². The third-order valence-electron chi connectivity index (χ3n) is 4.62. The van der Waals surface area contributed by atoms with E-state index in [0.29, 0.717) is 11.3 Å². The normalized spacial score (nSPS) is 15.0. The van der Waals surface area contributed by atoms with E-state index in [1.807, 2.05) is 13.0 Å². The minimum absolute atomic E-state index is 0.256. The molecule has 1 aliphatic rings. The minimum atomic E-state index is -0.720. The molecule has 1 aromatic heterocycles. The minimum Gasteiger partial charge on any atom is -0.479 e. The van der Waals surface area contributed by atoms with Gasteiger partial charge in [0.15, 0.2) is 6.10 Å². The highest BCUT2D eigenvalue weighted by Crippen LogP contribution is 2.32. The summed E-state index contributed by atoms with van der Waals surface area (Å²) in [5.74, 6) is 0.117. The zero-order chi connectivity index (χ0) is 17.3. The molecule has 0 spiro atoms. The maximum absolute atomic E-state index is 12.2. The maximum atomic E-state index is 12.2. The Morgan fingerprint density at radius 1 is 1.25 bits per heavy atom.